The van der Waals surface area contributed by atoms with Crippen LogP contribution in [0.25, 0.3) is 0 Å². The standard InChI is InChI=1S/C11H18N4/c1-15(7-8-3-2-4-8)10-6-5-9(12)11(13)14-10/h5-6,8H,2-4,7,12H2,1H3,(H2,13,14). The molecule has 0 saturated heterocycles. The number of hydrogen-bond acceptors (Lipinski definition) is 4. The summed E-state index contributed by atoms with van der Waals surface area (Å²) in [6.07, 6.45) is 4.05. The van der Waals surface area contributed by atoms with E-state index in [2.05, 4.69) is 16.9 Å². The molecule has 82 valence electrons. The molecule has 1 fully saturated rings. The molecule has 0 spiro atoms. The lowest BCUT2D eigenvalue weighted by Crippen LogP contribution is -2.29. The molecule has 2 rings (SSSR count). The maximum atomic E-state index is 5.67. The first kappa shape index (κ1) is 10.1. The van der Waals surface area contributed by atoms with Gasteiger partial charge >= 0.3 is 0 Å². The highest BCUT2D eigenvalue weighted by Crippen LogP contribution is 2.28. The molecule has 0 radical (unpaired) electrons. The smallest absolute Gasteiger partial charge is 0.149 e. The Morgan fingerprint density at radius 1 is 1.40 bits per heavy atom. The van der Waals surface area contributed by atoms with Crippen molar-refractivity contribution in [2.24, 2.45) is 5.92 Å². The number of nitrogens with two attached hydrogens (primary N) is 2. The highest BCUT2D eigenvalue weighted by atomic mass is 15.2. The van der Waals surface area contributed by atoms with Crippen molar-refractivity contribution in [3.8, 4) is 0 Å². The predicted octanol–water partition coefficient (Wildman–Crippen LogP) is 1.48. The molecule has 4 heteroatoms. The van der Waals surface area contributed by atoms with E-state index in [1.165, 1.54) is 19.3 Å². The molecule has 4 N–H and O–H groups in total. The Kier molecular flexibility index (Phi) is 2.66. The van der Waals surface area contributed by atoms with Gasteiger partial charge in [0.25, 0.3) is 0 Å². The van der Waals surface area contributed by atoms with Gasteiger partial charge in [0.1, 0.15) is 11.6 Å². The van der Waals surface area contributed by atoms with Gasteiger partial charge in [0.2, 0.25) is 0 Å². The van der Waals surface area contributed by atoms with E-state index in [9.17, 15) is 0 Å². The summed E-state index contributed by atoms with van der Waals surface area (Å²) in [7, 11) is 2.05. The van der Waals surface area contributed by atoms with Gasteiger partial charge in [0, 0.05) is 13.6 Å². The lowest BCUT2D eigenvalue weighted by atomic mass is 9.85. The van der Waals surface area contributed by atoms with E-state index in [4.69, 9.17) is 11.5 Å². The van der Waals surface area contributed by atoms with Crippen molar-refractivity contribution in [2.75, 3.05) is 30.0 Å². The van der Waals surface area contributed by atoms with Gasteiger partial charge in [-0.3, -0.25) is 0 Å². The average molecular weight is 206 g/mol. The van der Waals surface area contributed by atoms with Crippen molar-refractivity contribution in [2.45, 2.75) is 19.3 Å². The van der Waals surface area contributed by atoms with Crippen molar-refractivity contribution in [1.29, 1.82) is 0 Å². The van der Waals surface area contributed by atoms with Gasteiger partial charge in [0.05, 0.1) is 5.69 Å². The highest BCUT2D eigenvalue weighted by molar-refractivity contribution is 5.62. The summed E-state index contributed by atoms with van der Waals surface area (Å²) in [5, 5.41) is 0. The van der Waals surface area contributed by atoms with E-state index in [1.54, 1.807) is 0 Å². The largest absolute Gasteiger partial charge is 0.396 e. The Hall–Kier alpha value is -1.45. The number of aromatic nitrogens is 1. The first-order valence-corrected chi connectivity index (χ1v) is 5.40. The average Bonchev–Trinajstić information content (AvgIpc) is 2.15. The molecule has 1 aliphatic carbocycles. The van der Waals surface area contributed by atoms with Crippen molar-refractivity contribution in [3.63, 3.8) is 0 Å². The third-order valence-corrected chi connectivity index (χ3v) is 3.09. The van der Waals surface area contributed by atoms with E-state index < -0.39 is 0 Å². The lowest BCUT2D eigenvalue weighted by Gasteiger charge is -2.30. The fourth-order valence-corrected chi connectivity index (χ4v) is 1.84. The van der Waals surface area contributed by atoms with Crippen molar-refractivity contribution < 1.29 is 0 Å². The summed E-state index contributed by atoms with van der Waals surface area (Å²) < 4.78 is 0. The topological polar surface area (TPSA) is 68.2 Å². The first-order valence-electron chi connectivity index (χ1n) is 5.40. The van der Waals surface area contributed by atoms with Crippen LogP contribution in [-0.2, 0) is 0 Å². The number of hydrogen-bond donors (Lipinski definition) is 2. The quantitative estimate of drug-likeness (QED) is 0.786. The summed E-state index contributed by atoms with van der Waals surface area (Å²) in [6, 6.07) is 3.74. The number of anilines is 3. The van der Waals surface area contributed by atoms with E-state index in [0.717, 1.165) is 18.3 Å². The van der Waals surface area contributed by atoms with Gasteiger partial charge < -0.3 is 16.4 Å². The molecule has 1 aliphatic rings. The van der Waals surface area contributed by atoms with Crippen molar-refractivity contribution in [3.05, 3.63) is 12.1 Å². The van der Waals surface area contributed by atoms with Crippen LogP contribution in [0, 0.1) is 5.92 Å². The second-order valence-electron chi connectivity index (χ2n) is 4.32. The van der Waals surface area contributed by atoms with Gasteiger partial charge in [-0.15, -0.1) is 0 Å². The number of pyridine rings is 1. The van der Waals surface area contributed by atoms with Crippen LogP contribution in [0.3, 0.4) is 0 Å². The fourth-order valence-electron chi connectivity index (χ4n) is 1.84. The molecule has 0 bridgehead atoms. The molecule has 0 unspecified atom stereocenters. The zero-order valence-corrected chi connectivity index (χ0v) is 9.11. The molecular formula is C11H18N4. The molecule has 4 nitrogen and oxygen atoms in total. The van der Waals surface area contributed by atoms with E-state index in [-0.39, 0.29) is 0 Å². The molecule has 0 atom stereocenters. The van der Waals surface area contributed by atoms with Gasteiger partial charge in [-0.2, -0.15) is 0 Å². The summed E-state index contributed by atoms with van der Waals surface area (Å²) in [5.74, 6) is 2.16. The fraction of sp³-hybridized carbons (Fsp3) is 0.545. The first-order chi connectivity index (χ1) is 7.16. The van der Waals surface area contributed by atoms with Crippen LogP contribution in [-0.4, -0.2) is 18.6 Å². The predicted molar refractivity (Wildman–Crippen MR) is 63.7 cm³/mol. The minimum Gasteiger partial charge on any atom is -0.396 e. The summed E-state index contributed by atoms with van der Waals surface area (Å²) in [4.78, 5) is 6.42. The molecule has 1 heterocycles. The third kappa shape index (κ3) is 2.14. The van der Waals surface area contributed by atoms with E-state index in [1.807, 2.05) is 12.1 Å². The third-order valence-electron chi connectivity index (χ3n) is 3.09. The van der Waals surface area contributed by atoms with Crippen LogP contribution in [0.2, 0.25) is 0 Å². The second-order valence-corrected chi connectivity index (χ2v) is 4.32. The van der Waals surface area contributed by atoms with E-state index in [0.29, 0.717) is 11.5 Å². The Morgan fingerprint density at radius 3 is 2.67 bits per heavy atom. The minimum absolute atomic E-state index is 0.424. The van der Waals surface area contributed by atoms with Crippen molar-refractivity contribution in [1.82, 2.24) is 4.98 Å². The maximum Gasteiger partial charge on any atom is 0.149 e. The summed E-state index contributed by atoms with van der Waals surface area (Å²) in [5.41, 5.74) is 11.8. The number of nitrogen functional groups attached to an aromatic ring is 2. The molecule has 15 heavy (non-hydrogen) atoms. The Bertz CT molecular complexity index is 346. The monoisotopic (exact) mass is 206 g/mol. The van der Waals surface area contributed by atoms with Crippen LogP contribution in [0.15, 0.2) is 12.1 Å². The van der Waals surface area contributed by atoms with Crippen LogP contribution in [0.4, 0.5) is 17.3 Å². The lowest BCUT2D eigenvalue weighted by molar-refractivity contribution is 0.321. The van der Waals surface area contributed by atoms with Crippen LogP contribution in [0.1, 0.15) is 19.3 Å². The Labute approximate surface area is 90.3 Å². The summed E-state index contributed by atoms with van der Waals surface area (Å²) >= 11 is 0. The molecule has 0 aromatic carbocycles. The number of nitrogens with zero attached hydrogens (tertiary/aromatic N) is 2. The Balaban J connectivity index is 2.03. The van der Waals surface area contributed by atoms with Gasteiger partial charge in [0.15, 0.2) is 0 Å². The molecule has 1 aromatic heterocycles. The van der Waals surface area contributed by atoms with Crippen LogP contribution >= 0.6 is 0 Å². The molecule has 0 aliphatic heterocycles. The zero-order chi connectivity index (χ0) is 10.8. The normalized spacial score (nSPS) is 16.1. The SMILES string of the molecule is CN(CC1CCC1)c1ccc(N)c(N)n1. The maximum absolute atomic E-state index is 5.67. The Morgan fingerprint density at radius 2 is 2.13 bits per heavy atom. The molecule has 0 amide bonds. The van der Waals surface area contributed by atoms with Crippen LogP contribution in [0.5, 0.6) is 0 Å². The second kappa shape index (κ2) is 3.96. The van der Waals surface area contributed by atoms with Gasteiger partial charge in [-0.05, 0) is 30.9 Å². The van der Waals surface area contributed by atoms with Crippen molar-refractivity contribution >= 4 is 17.3 Å². The van der Waals surface area contributed by atoms with Gasteiger partial charge in [-0.1, -0.05) is 6.42 Å². The minimum atomic E-state index is 0.424. The molecular weight excluding hydrogens is 188 g/mol. The number of rotatable bonds is 3. The molecule has 1 aromatic rings. The summed E-state index contributed by atoms with van der Waals surface area (Å²) in [6.45, 7) is 1.07. The molecule has 1 saturated carbocycles. The zero-order valence-electron chi connectivity index (χ0n) is 9.11. The van der Waals surface area contributed by atoms with Crippen LogP contribution < -0.4 is 16.4 Å². The van der Waals surface area contributed by atoms with E-state index >= 15 is 0 Å². The highest BCUT2D eigenvalue weighted by Gasteiger charge is 2.19. The van der Waals surface area contributed by atoms with Gasteiger partial charge in [-0.25, -0.2) is 4.98 Å².